The molecule has 0 aliphatic heterocycles. The van der Waals surface area contributed by atoms with Crippen molar-refractivity contribution in [1.29, 1.82) is 0 Å². The number of amidine groups is 1. The number of sulfonamides is 1. The van der Waals surface area contributed by atoms with E-state index in [4.69, 9.17) is 10.6 Å². The van der Waals surface area contributed by atoms with Crippen LogP contribution in [0.2, 0.25) is 0 Å². The van der Waals surface area contributed by atoms with Crippen molar-refractivity contribution in [2.45, 2.75) is 11.8 Å². The van der Waals surface area contributed by atoms with E-state index in [9.17, 15) is 13.2 Å². The van der Waals surface area contributed by atoms with Crippen LogP contribution in [0.25, 0.3) is 0 Å². The number of carbonyl (C=O) groups excluding carboxylic acids is 1. The molecule has 2 rings (SSSR count). The molecule has 0 spiro atoms. The van der Waals surface area contributed by atoms with Crippen molar-refractivity contribution in [3.63, 3.8) is 0 Å². The Labute approximate surface area is 160 Å². The normalized spacial score (nSPS) is 12.2. The van der Waals surface area contributed by atoms with Gasteiger partial charge in [-0.15, -0.1) is 0 Å². The second kappa shape index (κ2) is 8.43. The molecule has 0 aromatic heterocycles. The number of carbonyl (C=O) groups is 1. The quantitative estimate of drug-likeness (QED) is 0.291. The molecular formula is C17H19BrN3O4S+. The first-order chi connectivity index (χ1) is 12.2. The summed E-state index contributed by atoms with van der Waals surface area (Å²) in [6.45, 7) is 1.39. The number of aryl methyl sites for hydroxylation is 1. The zero-order valence-electron chi connectivity index (χ0n) is 14.3. The molecule has 9 heteroatoms. The fourth-order valence-corrected chi connectivity index (χ4v) is 3.53. The number of likely N-dealkylation sites (N-methyl/N-ethyl adjacent to an activating group) is 1. The molecule has 2 aromatic carbocycles. The first-order valence-corrected chi connectivity index (χ1v) is 9.80. The van der Waals surface area contributed by atoms with E-state index in [-0.39, 0.29) is 10.7 Å². The van der Waals surface area contributed by atoms with Gasteiger partial charge in [-0.1, -0.05) is 44.8 Å². The van der Waals surface area contributed by atoms with Gasteiger partial charge in [-0.3, -0.25) is 10.6 Å². The summed E-state index contributed by atoms with van der Waals surface area (Å²) in [5.74, 6) is -0.662. The molecule has 0 saturated heterocycles. The Morgan fingerprint density at radius 2 is 1.88 bits per heavy atom. The fourth-order valence-electron chi connectivity index (χ4n) is 2.02. The topological polar surface area (TPSA) is 104 Å². The molecule has 7 nitrogen and oxygen atoms in total. The van der Waals surface area contributed by atoms with Gasteiger partial charge in [0.1, 0.15) is 6.54 Å². The van der Waals surface area contributed by atoms with Gasteiger partial charge in [0.05, 0.1) is 10.5 Å². The van der Waals surface area contributed by atoms with Crippen LogP contribution in [0.4, 0.5) is 0 Å². The Morgan fingerprint density at radius 3 is 2.50 bits per heavy atom. The van der Waals surface area contributed by atoms with E-state index in [1.807, 2.05) is 13.0 Å². The molecule has 3 N–H and O–H groups in total. The lowest BCUT2D eigenvalue weighted by Gasteiger charge is -2.15. The summed E-state index contributed by atoms with van der Waals surface area (Å²) in [5.41, 5.74) is 7.37. The van der Waals surface area contributed by atoms with E-state index < -0.39 is 22.5 Å². The van der Waals surface area contributed by atoms with Gasteiger partial charge in [0.25, 0.3) is 0 Å². The first-order valence-electron chi connectivity index (χ1n) is 7.57. The van der Waals surface area contributed by atoms with Crippen LogP contribution in [0.15, 0.2) is 57.9 Å². The average Bonchev–Trinajstić information content (AvgIpc) is 2.60. The molecule has 0 fully saturated rings. The lowest BCUT2D eigenvalue weighted by molar-refractivity contribution is -0.723. The van der Waals surface area contributed by atoms with Crippen LogP contribution in [0, 0.1) is 6.92 Å². The fraction of sp³-hybridized carbons (Fsp3) is 0.176. The maximum absolute atomic E-state index is 12.4. The number of halogens is 1. The van der Waals surface area contributed by atoms with Crippen molar-refractivity contribution >= 4 is 37.8 Å². The largest absolute Gasteiger partial charge is 0.372 e. The van der Waals surface area contributed by atoms with Gasteiger partial charge in [0.15, 0.2) is 0 Å². The highest BCUT2D eigenvalue weighted by atomic mass is 79.9. The number of benzene rings is 2. The molecule has 26 heavy (non-hydrogen) atoms. The molecule has 0 heterocycles. The minimum atomic E-state index is -3.79. The van der Waals surface area contributed by atoms with Gasteiger partial charge >= 0.3 is 11.8 Å². The predicted molar refractivity (Wildman–Crippen MR) is 100 cm³/mol. The molecule has 0 radical (unpaired) electrons. The summed E-state index contributed by atoms with van der Waals surface area (Å²) in [6.07, 6.45) is 0. The SMILES string of the molecule is Cc1ccc(S(=O)(=O)N(C)CC(=O)O[NH+]=C(N)c2cccc(Br)c2)cc1. The van der Waals surface area contributed by atoms with Crippen molar-refractivity contribution in [3.8, 4) is 0 Å². The molecule has 0 amide bonds. The van der Waals surface area contributed by atoms with E-state index in [1.54, 1.807) is 30.3 Å². The van der Waals surface area contributed by atoms with Gasteiger partial charge in [-0.25, -0.2) is 13.2 Å². The van der Waals surface area contributed by atoms with Gasteiger partial charge in [-0.2, -0.15) is 4.31 Å². The van der Waals surface area contributed by atoms with Crippen LogP contribution in [0.5, 0.6) is 0 Å². The summed E-state index contributed by atoms with van der Waals surface area (Å²) in [6, 6.07) is 13.4. The maximum atomic E-state index is 12.4. The average molecular weight is 441 g/mol. The minimum Gasteiger partial charge on any atom is -0.284 e. The number of nitrogens with two attached hydrogens (primary N) is 1. The van der Waals surface area contributed by atoms with Crippen LogP contribution in [-0.4, -0.2) is 38.1 Å². The molecule has 0 aliphatic carbocycles. The zero-order valence-corrected chi connectivity index (χ0v) is 16.7. The zero-order chi connectivity index (χ0) is 19.3. The van der Waals surface area contributed by atoms with Crippen molar-refractivity contribution in [3.05, 3.63) is 64.1 Å². The summed E-state index contributed by atoms with van der Waals surface area (Å²) < 4.78 is 26.6. The van der Waals surface area contributed by atoms with Crippen LogP contribution < -0.4 is 10.9 Å². The Hall–Kier alpha value is -2.23. The summed E-state index contributed by atoms with van der Waals surface area (Å²) in [4.78, 5) is 16.9. The molecule has 0 bridgehead atoms. The molecule has 0 saturated carbocycles. The number of nitrogens with zero attached hydrogens (tertiary/aromatic N) is 1. The Kier molecular flexibility index (Phi) is 6.52. The van der Waals surface area contributed by atoms with Crippen LogP contribution in [-0.2, 0) is 19.7 Å². The van der Waals surface area contributed by atoms with Gasteiger partial charge in [0, 0.05) is 11.5 Å². The number of rotatable bonds is 6. The van der Waals surface area contributed by atoms with Crippen LogP contribution in [0.1, 0.15) is 11.1 Å². The molecule has 0 aliphatic rings. The van der Waals surface area contributed by atoms with Crippen LogP contribution >= 0.6 is 15.9 Å². The monoisotopic (exact) mass is 440 g/mol. The highest BCUT2D eigenvalue weighted by Gasteiger charge is 2.24. The molecular weight excluding hydrogens is 422 g/mol. The maximum Gasteiger partial charge on any atom is 0.372 e. The molecule has 2 aromatic rings. The van der Waals surface area contributed by atoms with Gasteiger partial charge < -0.3 is 0 Å². The van der Waals surface area contributed by atoms with E-state index in [0.717, 1.165) is 14.3 Å². The second-order valence-electron chi connectivity index (χ2n) is 5.57. The standard InChI is InChI=1S/C17H18BrN3O4S/c1-12-6-8-15(9-7-12)26(23,24)21(2)11-16(22)25-20-17(19)13-4-3-5-14(18)10-13/h3-10H,11H2,1-2H3,(H2,19,20)/p+1. The number of nitrogens with one attached hydrogen (secondary N) is 1. The van der Waals surface area contributed by atoms with E-state index >= 15 is 0 Å². The van der Waals surface area contributed by atoms with E-state index in [2.05, 4.69) is 21.1 Å². The third-order valence-electron chi connectivity index (χ3n) is 3.49. The predicted octanol–water partition coefficient (Wildman–Crippen LogP) is 0.322. The molecule has 0 atom stereocenters. The number of nitrogen functional groups attached to an aromatic ring is 1. The Balaban J connectivity index is 2.02. The Morgan fingerprint density at radius 1 is 1.23 bits per heavy atom. The van der Waals surface area contributed by atoms with E-state index in [0.29, 0.717) is 5.56 Å². The van der Waals surface area contributed by atoms with Crippen molar-refractivity contribution in [2.75, 3.05) is 13.6 Å². The first kappa shape index (κ1) is 20.1. The summed E-state index contributed by atoms with van der Waals surface area (Å²) >= 11 is 3.31. The number of hydrogen-bond donors (Lipinski definition) is 2. The van der Waals surface area contributed by atoms with Gasteiger partial charge in [0.2, 0.25) is 10.0 Å². The number of hydrogen-bond acceptors (Lipinski definition) is 4. The summed E-state index contributed by atoms with van der Waals surface area (Å²) in [7, 11) is -2.48. The van der Waals surface area contributed by atoms with Crippen molar-refractivity contribution in [1.82, 2.24) is 4.31 Å². The van der Waals surface area contributed by atoms with Crippen LogP contribution in [0.3, 0.4) is 0 Å². The lowest BCUT2D eigenvalue weighted by atomic mass is 10.2. The minimum absolute atomic E-state index is 0.103. The van der Waals surface area contributed by atoms with E-state index in [1.165, 1.54) is 19.2 Å². The smallest absolute Gasteiger partial charge is 0.284 e. The van der Waals surface area contributed by atoms with Crippen molar-refractivity contribution in [2.24, 2.45) is 5.73 Å². The lowest BCUT2D eigenvalue weighted by Crippen LogP contribution is -2.76. The second-order valence-corrected chi connectivity index (χ2v) is 8.53. The highest BCUT2D eigenvalue weighted by molar-refractivity contribution is 9.10. The van der Waals surface area contributed by atoms with Gasteiger partial charge in [-0.05, 0) is 37.3 Å². The molecule has 0 unspecified atom stereocenters. The highest BCUT2D eigenvalue weighted by Crippen LogP contribution is 2.14. The third-order valence-corrected chi connectivity index (χ3v) is 5.80. The summed E-state index contributed by atoms with van der Waals surface area (Å²) in [5, 5.41) is 2.33. The third kappa shape index (κ3) is 5.13. The molecule has 138 valence electrons. The van der Waals surface area contributed by atoms with Crippen molar-refractivity contribution < 1.29 is 23.2 Å². The Bertz CT molecular complexity index is 927.